The van der Waals surface area contributed by atoms with Gasteiger partial charge in [-0.15, -0.1) is 0 Å². The Morgan fingerprint density at radius 2 is 2.04 bits per heavy atom. The van der Waals surface area contributed by atoms with Crippen LogP contribution in [0, 0.1) is 0 Å². The van der Waals surface area contributed by atoms with Crippen molar-refractivity contribution in [3.63, 3.8) is 0 Å². The second-order valence-electron chi connectivity index (χ2n) is 5.89. The first-order valence-electron chi connectivity index (χ1n) is 8.59. The molecule has 3 amide bonds. The van der Waals surface area contributed by atoms with Crippen molar-refractivity contribution in [2.45, 2.75) is 32.7 Å². The number of aryl methyl sites for hydroxylation is 1. The summed E-state index contributed by atoms with van der Waals surface area (Å²) in [5.74, 6) is -0.201. The number of carbonyl (C=O) groups excluding carboxylic acids is 2. The minimum absolute atomic E-state index is 0.183. The standard InChI is InChI=1S/C18H24ClN5O2/c1-4-9-20-17(25)12-6-7-13(19)15(11-12)23-18(26)22-14(5-2)16-8-10-21-24(16)3/h6-8,10-11,14H,4-5,9H2,1-3H3,(H,20,25)(H2,22,23,26)/t14-/m1/s1. The lowest BCUT2D eigenvalue weighted by Crippen LogP contribution is -2.33. The molecule has 2 aromatic rings. The predicted octanol–water partition coefficient (Wildman–Crippen LogP) is 3.49. The van der Waals surface area contributed by atoms with E-state index < -0.39 is 6.03 Å². The van der Waals surface area contributed by atoms with Crippen LogP contribution in [0.4, 0.5) is 10.5 Å². The second-order valence-corrected chi connectivity index (χ2v) is 6.30. The number of hydrogen-bond donors (Lipinski definition) is 3. The number of halogens is 1. The van der Waals surface area contributed by atoms with E-state index >= 15 is 0 Å². The van der Waals surface area contributed by atoms with Crippen molar-refractivity contribution >= 4 is 29.2 Å². The highest BCUT2D eigenvalue weighted by Crippen LogP contribution is 2.23. The van der Waals surface area contributed by atoms with Crippen molar-refractivity contribution in [1.82, 2.24) is 20.4 Å². The van der Waals surface area contributed by atoms with Crippen LogP contribution < -0.4 is 16.0 Å². The zero-order valence-corrected chi connectivity index (χ0v) is 15.9. The highest BCUT2D eigenvalue weighted by Gasteiger charge is 2.17. The first kappa shape index (κ1) is 19.8. The summed E-state index contributed by atoms with van der Waals surface area (Å²) in [7, 11) is 1.83. The maximum atomic E-state index is 12.4. The second kappa shape index (κ2) is 9.24. The summed E-state index contributed by atoms with van der Waals surface area (Å²) in [6.07, 6.45) is 3.24. The number of nitrogens with one attached hydrogen (secondary N) is 3. The highest BCUT2D eigenvalue weighted by molar-refractivity contribution is 6.33. The van der Waals surface area contributed by atoms with Gasteiger partial charge in [0.25, 0.3) is 5.91 Å². The van der Waals surface area contributed by atoms with Gasteiger partial charge in [0.15, 0.2) is 0 Å². The molecule has 0 spiro atoms. The van der Waals surface area contributed by atoms with Crippen molar-refractivity contribution < 1.29 is 9.59 Å². The lowest BCUT2D eigenvalue weighted by Gasteiger charge is -2.18. The monoisotopic (exact) mass is 377 g/mol. The van der Waals surface area contributed by atoms with Gasteiger partial charge in [0.1, 0.15) is 0 Å². The van der Waals surface area contributed by atoms with Crippen molar-refractivity contribution in [3.8, 4) is 0 Å². The van der Waals surface area contributed by atoms with E-state index in [-0.39, 0.29) is 11.9 Å². The highest BCUT2D eigenvalue weighted by atomic mass is 35.5. The molecule has 26 heavy (non-hydrogen) atoms. The smallest absolute Gasteiger partial charge is 0.319 e. The third-order valence-electron chi connectivity index (χ3n) is 3.94. The van der Waals surface area contributed by atoms with Gasteiger partial charge in [-0.25, -0.2) is 4.79 Å². The van der Waals surface area contributed by atoms with Crippen molar-refractivity contribution in [3.05, 3.63) is 46.7 Å². The van der Waals surface area contributed by atoms with Gasteiger partial charge in [-0.1, -0.05) is 25.4 Å². The van der Waals surface area contributed by atoms with E-state index in [0.717, 1.165) is 12.1 Å². The van der Waals surface area contributed by atoms with E-state index in [0.29, 0.717) is 29.2 Å². The summed E-state index contributed by atoms with van der Waals surface area (Å²) < 4.78 is 1.72. The van der Waals surface area contributed by atoms with E-state index in [9.17, 15) is 9.59 Å². The van der Waals surface area contributed by atoms with Gasteiger partial charge >= 0.3 is 6.03 Å². The zero-order chi connectivity index (χ0) is 19.1. The zero-order valence-electron chi connectivity index (χ0n) is 15.2. The fraction of sp³-hybridized carbons (Fsp3) is 0.389. The molecule has 0 bridgehead atoms. The molecule has 140 valence electrons. The topological polar surface area (TPSA) is 88.1 Å². The van der Waals surface area contributed by atoms with Gasteiger partial charge in [-0.05, 0) is 37.1 Å². The molecule has 0 saturated carbocycles. The third-order valence-corrected chi connectivity index (χ3v) is 4.27. The number of amides is 3. The average Bonchev–Trinajstić information content (AvgIpc) is 3.05. The van der Waals surface area contributed by atoms with Gasteiger partial charge < -0.3 is 16.0 Å². The number of nitrogens with zero attached hydrogens (tertiary/aromatic N) is 2. The summed E-state index contributed by atoms with van der Waals surface area (Å²) in [4.78, 5) is 24.5. The molecule has 0 radical (unpaired) electrons. The molecule has 0 aliphatic carbocycles. The van der Waals surface area contributed by atoms with E-state index in [1.54, 1.807) is 29.1 Å². The Morgan fingerprint density at radius 1 is 1.27 bits per heavy atom. The lowest BCUT2D eigenvalue weighted by atomic mass is 10.1. The fourth-order valence-electron chi connectivity index (χ4n) is 2.53. The minimum atomic E-state index is -0.397. The summed E-state index contributed by atoms with van der Waals surface area (Å²) in [6, 6.07) is 6.07. The van der Waals surface area contributed by atoms with Crippen LogP contribution in [0.15, 0.2) is 30.5 Å². The summed E-state index contributed by atoms with van der Waals surface area (Å²) >= 11 is 6.16. The van der Waals surface area contributed by atoms with Gasteiger partial charge in [0.2, 0.25) is 0 Å². The van der Waals surface area contributed by atoms with Crippen molar-refractivity contribution in [1.29, 1.82) is 0 Å². The van der Waals surface area contributed by atoms with Crippen LogP contribution in [0.5, 0.6) is 0 Å². The number of anilines is 1. The Kier molecular flexibility index (Phi) is 7.03. The molecule has 1 heterocycles. The van der Waals surface area contributed by atoms with Crippen LogP contribution in [-0.4, -0.2) is 28.3 Å². The molecular formula is C18H24ClN5O2. The normalized spacial score (nSPS) is 11.7. The molecule has 0 unspecified atom stereocenters. The molecule has 2 rings (SSSR count). The Hall–Kier alpha value is -2.54. The number of urea groups is 1. The number of hydrogen-bond acceptors (Lipinski definition) is 3. The Bertz CT molecular complexity index is 775. The Morgan fingerprint density at radius 3 is 2.65 bits per heavy atom. The number of carbonyl (C=O) groups is 2. The van der Waals surface area contributed by atoms with Gasteiger partial charge in [0, 0.05) is 25.4 Å². The summed E-state index contributed by atoms with van der Waals surface area (Å²) in [5, 5.41) is 12.9. The molecule has 0 saturated heterocycles. The lowest BCUT2D eigenvalue weighted by molar-refractivity contribution is 0.0953. The maximum Gasteiger partial charge on any atom is 0.319 e. The largest absolute Gasteiger partial charge is 0.352 e. The van der Waals surface area contributed by atoms with Gasteiger partial charge in [0.05, 0.1) is 22.4 Å². The van der Waals surface area contributed by atoms with Gasteiger partial charge in [-0.2, -0.15) is 5.10 Å². The summed E-state index contributed by atoms with van der Waals surface area (Å²) in [5.41, 5.74) is 1.73. The maximum absolute atomic E-state index is 12.4. The quantitative estimate of drug-likeness (QED) is 0.690. The molecule has 1 aromatic carbocycles. The van der Waals surface area contributed by atoms with Gasteiger partial charge in [-0.3, -0.25) is 9.48 Å². The number of rotatable bonds is 7. The van der Waals surface area contributed by atoms with Crippen LogP contribution in [0.3, 0.4) is 0 Å². The van der Waals surface area contributed by atoms with E-state index in [4.69, 9.17) is 11.6 Å². The molecule has 8 heteroatoms. The van der Waals surface area contributed by atoms with Crippen LogP contribution in [0.25, 0.3) is 0 Å². The molecule has 1 aromatic heterocycles. The Balaban J connectivity index is 2.08. The van der Waals surface area contributed by atoms with Crippen LogP contribution in [0.2, 0.25) is 5.02 Å². The first-order chi connectivity index (χ1) is 12.5. The Labute approximate surface area is 158 Å². The summed E-state index contributed by atoms with van der Waals surface area (Å²) in [6.45, 7) is 4.54. The van der Waals surface area contributed by atoms with E-state index in [2.05, 4.69) is 21.0 Å². The van der Waals surface area contributed by atoms with Crippen LogP contribution >= 0.6 is 11.6 Å². The van der Waals surface area contributed by atoms with E-state index in [1.165, 1.54) is 0 Å². The average molecular weight is 378 g/mol. The number of benzene rings is 1. The fourth-order valence-corrected chi connectivity index (χ4v) is 2.70. The van der Waals surface area contributed by atoms with Crippen molar-refractivity contribution in [2.75, 3.05) is 11.9 Å². The van der Waals surface area contributed by atoms with E-state index in [1.807, 2.05) is 27.0 Å². The molecular weight excluding hydrogens is 354 g/mol. The number of aromatic nitrogens is 2. The molecule has 0 aliphatic heterocycles. The van der Waals surface area contributed by atoms with Crippen molar-refractivity contribution in [2.24, 2.45) is 7.05 Å². The molecule has 3 N–H and O–H groups in total. The molecule has 7 nitrogen and oxygen atoms in total. The third kappa shape index (κ3) is 4.98. The SMILES string of the molecule is CCCNC(=O)c1ccc(Cl)c(NC(=O)N[C@H](CC)c2ccnn2C)c1. The van der Waals surface area contributed by atoms with Crippen LogP contribution in [-0.2, 0) is 7.05 Å². The minimum Gasteiger partial charge on any atom is -0.352 e. The first-order valence-corrected chi connectivity index (χ1v) is 8.97. The molecule has 0 fully saturated rings. The molecule has 0 aliphatic rings. The molecule has 1 atom stereocenters. The predicted molar refractivity (Wildman–Crippen MR) is 102 cm³/mol. The van der Waals surface area contributed by atoms with Crippen LogP contribution in [0.1, 0.15) is 48.8 Å².